The van der Waals surface area contributed by atoms with Crippen molar-refractivity contribution in [3.05, 3.63) is 97.3 Å². The Morgan fingerprint density at radius 2 is 1.12 bits per heavy atom. The van der Waals surface area contributed by atoms with Gasteiger partial charge in [0.05, 0.1) is 23.3 Å². The van der Waals surface area contributed by atoms with E-state index in [4.69, 9.17) is 4.42 Å². The first-order valence-electron chi connectivity index (χ1n) is 7.89. The third-order valence-electron chi connectivity index (χ3n) is 3.90. The van der Waals surface area contributed by atoms with Crippen molar-refractivity contribution in [2.24, 2.45) is 0 Å². The van der Waals surface area contributed by atoms with Crippen LogP contribution >= 0.6 is 0 Å². The van der Waals surface area contributed by atoms with Gasteiger partial charge in [-0.3, -0.25) is 4.98 Å². The average molecular weight is 310 g/mol. The van der Waals surface area contributed by atoms with Crippen molar-refractivity contribution in [3.8, 4) is 33.8 Å². The molecule has 2 heterocycles. The van der Waals surface area contributed by atoms with Gasteiger partial charge in [-0.25, -0.2) is 4.42 Å². The molecule has 0 atom stereocenters. The standard InChI is InChI=1S/C22H16NO/c1-3-8-17(9-4-1)20-14-21(18-10-5-2-6-11-18)24-22(15-20)19-12-7-13-23-16-19/h1-16H/q+1. The van der Waals surface area contributed by atoms with Gasteiger partial charge in [0.1, 0.15) is 0 Å². The second-order valence-corrected chi connectivity index (χ2v) is 5.55. The van der Waals surface area contributed by atoms with E-state index in [1.807, 2.05) is 54.7 Å². The number of pyridine rings is 1. The van der Waals surface area contributed by atoms with Crippen molar-refractivity contribution >= 4 is 0 Å². The molecule has 0 radical (unpaired) electrons. The zero-order chi connectivity index (χ0) is 16.2. The van der Waals surface area contributed by atoms with E-state index in [0.717, 1.165) is 33.8 Å². The summed E-state index contributed by atoms with van der Waals surface area (Å²) in [5, 5.41) is 0. The summed E-state index contributed by atoms with van der Waals surface area (Å²) in [5.74, 6) is 1.65. The van der Waals surface area contributed by atoms with Gasteiger partial charge in [-0.2, -0.15) is 0 Å². The SMILES string of the molecule is c1ccc(-c2cc(-c3ccccc3)[o+]c(-c3cccnc3)c2)cc1. The van der Waals surface area contributed by atoms with Gasteiger partial charge in [-0.05, 0) is 29.8 Å². The minimum Gasteiger partial charge on any atom is -0.264 e. The first-order chi connectivity index (χ1) is 11.9. The molecular formula is C22H16NO+. The third-order valence-corrected chi connectivity index (χ3v) is 3.90. The molecular weight excluding hydrogens is 294 g/mol. The Hall–Kier alpha value is -3.26. The summed E-state index contributed by atoms with van der Waals surface area (Å²) in [6, 6.07) is 28.6. The summed E-state index contributed by atoms with van der Waals surface area (Å²) in [4.78, 5) is 4.21. The smallest absolute Gasteiger partial charge is 0.264 e. The van der Waals surface area contributed by atoms with Crippen LogP contribution in [0.15, 0.2) is 102 Å². The summed E-state index contributed by atoms with van der Waals surface area (Å²) in [7, 11) is 0. The van der Waals surface area contributed by atoms with Crippen LogP contribution in [0.3, 0.4) is 0 Å². The van der Waals surface area contributed by atoms with Crippen molar-refractivity contribution in [3.63, 3.8) is 0 Å². The number of aromatic nitrogens is 1. The van der Waals surface area contributed by atoms with E-state index in [0.29, 0.717) is 0 Å². The Morgan fingerprint density at radius 1 is 0.542 bits per heavy atom. The summed E-state index contributed by atoms with van der Waals surface area (Å²) in [5.41, 5.74) is 4.31. The Bertz CT molecular complexity index is 796. The predicted molar refractivity (Wildman–Crippen MR) is 97.2 cm³/mol. The molecule has 2 nitrogen and oxygen atoms in total. The fraction of sp³-hybridized carbons (Fsp3) is 0. The largest absolute Gasteiger partial charge is 0.362 e. The summed E-state index contributed by atoms with van der Waals surface area (Å²) >= 11 is 0. The van der Waals surface area contributed by atoms with Crippen molar-refractivity contribution in [1.29, 1.82) is 0 Å². The number of hydrogen-bond acceptors (Lipinski definition) is 1. The zero-order valence-electron chi connectivity index (χ0n) is 13.1. The first-order valence-corrected chi connectivity index (χ1v) is 7.89. The lowest BCUT2D eigenvalue weighted by molar-refractivity contribution is 0.582. The first kappa shape index (κ1) is 14.3. The lowest BCUT2D eigenvalue weighted by Gasteiger charge is -2.01. The molecule has 0 unspecified atom stereocenters. The van der Waals surface area contributed by atoms with Gasteiger partial charge in [0.25, 0.3) is 0 Å². The average Bonchev–Trinajstić information content (AvgIpc) is 2.70. The molecule has 0 aliphatic carbocycles. The van der Waals surface area contributed by atoms with Crippen LogP contribution in [0.2, 0.25) is 0 Å². The minimum absolute atomic E-state index is 0.809. The topological polar surface area (TPSA) is 24.2 Å². The van der Waals surface area contributed by atoms with Gasteiger partial charge in [-0.1, -0.05) is 48.5 Å². The third kappa shape index (κ3) is 2.95. The fourth-order valence-corrected chi connectivity index (χ4v) is 2.69. The molecule has 0 aliphatic heterocycles. The number of benzene rings is 2. The van der Waals surface area contributed by atoms with Crippen molar-refractivity contribution in [2.45, 2.75) is 0 Å². The molecule has 2 heteroatoms. The van der Waals surface area contributed by atoms with Gasteiger partial charge in [0, 0.05) is 18.0 Å². The van der Waals surface area contributed by atoms with Crippen LogP contribution in [0, 0.1) is 0 Å². The van der Waals surface area contributed by atoms with Gasteiger partial charge >= 0.3 is 11.5 Å². The quantitative estimate of drug-likeness (QED) is 0.436. The van der Waals surface area contributed by atoms with Crippen LogP contribution in [0.25, 0.3) is 33.8 Å². The monoisotopic (exact) mass is 310 g/mol. The zero-order valence-corrected chi connectivity index (χ0v) is 13.1. The summed E-state index contributed by atoms with van der Waals surface area (Å²) in [6.07, 6.45) is 3.59. The second-order valence-electron chi connectivity index (χ2n) is 5.55. The van der Waals surface area contributed by atoms with E-state index in [2.05, 4.69) is 41.4 Å². The molecule has 0 saturated carbocycles. The molecule has 0 spiro atoms. The van der Waals surface area contributed by atoms with Gasteiger partial charge < -0.3 is 0 Å². The summed E-state index contributed by atoms with van der Waals surface area (Å²) < 4.78 is 6.17. The number of rotatable bonds is 3. The van der Waals surface area contributed by atoms with Crippen LogP contribution in [0.1, 0.15) is 0 Å². The van der Waals surface area contributed by atoms with E-state index in [1.54, 1.807) is 6.20 Å². The number of nitrogens with zero attached hydrogens (tertiary/aromatic N) is 1. The van der Waals surface area contributed by atoms with E-state index in [9.17, 15) is 0 Å². The molecule has 24 heavy (non-hydrogen) atoms. The van der Waals surface area contributed by atoms with Gasteiger partial charge in [0.15, 0.2) is 0 Å². The molecule has 0 aliphatic rings. The predicted octanol–water partition coefficient (Wildman–Crippen LogP) is 5.96. The Morgan fingerprint density at radius 3 is 1.75 bits per heavy atom. The second kappa shape index (κ2) is 6.47. The maximum atomic E-state index is 6.17. The fourth-order valence-electron chi connectivity index (χ4n) is 2.69. The molecule has 0 amide bonds. The van der Waals surface area contributed by atoms with Crippen molar-refractivity contribution in [2.75, 3.05) is 0 Å². The maximum Gasteiger partial charge on any atom is 0.362 e. The molecule has 4 rings (SSSR count). The molecule has 4 aromatic rings. The lowest BCUT2D eigenvalue weighted by atomic mass is 10.0. The molecule has 114 valence electrons. The van der Waals surface area contributed by atoms with E-state index in [1.165, 1.54) is 0 Å². The molecule has 2 aromatic carbocycles. The van der Waals surface area contributed by atoms with E-state index >= 15 is 0 Å². The van der Waals surface area contributed by atoms with Crippen molar-refractivity contribution in [1.82, 2.24) is 4.98 Å². The highest BCUT2D eigenvalue weighted by atomic mass is 16.3. The normalized spacial score (nSPS) is 10.5. The highest BCUT2D eigenvalue weighted by molar-refractivity contribution is 5.74. The summed E-state index contributed by atoms with van der Waals surface area (Å²) in [6.45, 7) is 0. The molecule has 0 saturated heterocycles. The van der Waals surface area contributed by atoms with Crippen LogP contribution in [-0.4, -0.2) is 4.98 Å². The molecule has 2 aromatic heterocycles. The molecule has 0 N–H and O–H groups in total. The van der Waals surface area contributed by atoms with Crippen LogP contribution in [0.5, 0.6) is 0 Å². The Labute approximate surface area is 141 Å². The van der Waals surface area contributed by atoms with E-state index < -0.39 is 0 Å². The Kier molecular flexibility index (Phi) is 3.86. The number of hydrogen-bond donors (Lipinski definition) is 0. The minimum atomic E-state index is 0.809. The van der Waals surface area contributed by atoms with Crippen LogP contribution < -0.4 is 0 Å². The van der Waals surface area contributed by atoms with Gasteiger partial charge in [-0.15, -0.1) is 0 Å². The van der Waals surface area contributed by atoms with E-state index in [-0.39, 0.29) is 0 Å². The highest BCUT2D eigenvalue weighted by Crippen LogP contribution is 2.32. The van der Waals surface area contributed by atoms with Crippen LogP contribution in [-0.2, 0) is 0 Å². The molecule has 0 bridgehead atoms. The highest BCUT2D eigenvalue weighted by Gasteiger charge is 2.20. The maximum absolute atomic E-state index is 6.17. The van der Waals surface area contributed by atoms with Crippen molar-refractivity contribution < 1.29 is 4.42 Å². The van der Waals surface area contributed by atoms with Crippen LogP contribution in [0.4, 0.5) is 0 Å². The Balaban J connectivity index is 1.92. The van der Waals surface area contributed by atoms with Gasteiger partial charge in [0.2, 0.25) is 0 Å². The molecule has 0 fully saturated rings. The lowest BCUT2D eigenvalue weighted by Crippen LogP contribution is -1.86.